The molecule has 0 saturated carbocycles. The number of carbonyl (C=O) groups excluding carboxylic acids is 1. The molecule has 0 spiro atoms. The first kappa shape index (κ1) is 17.3. The van der Waals surface area contributed by atoms with Gasteiger partial charge in [0.1, 0.15) is 5.92 Å². The fraction of sp³-hybridized carbons (Fsp3) is 0.611. The molecule has 2 heterocycles. The maximum Gasteiger partial charge on any atom is 0.400 e. The lowest BCUT2D eigenvalue weighted by atomic mass is 9.88. The monoisotopic (exact) mass is 340 g/mol. The summed E-state index contributed by atoms with van der Waals surface area (Å²) in [5.74, 6) is -2.77. The summed E-state index contributed by atoms with van der Waals surface area (Å²) in [5.41, 5.74) is 4.52. The average molecular weight is 340 g/mol. The molecule has 1 aromatic rings. The molecule has 132 valence electrons. The normalized spacial score (nSPS) is 22.4. The minimum Gasteiger partial charge on any atom is -0.337 e. The molecule has 0 aliphatic carbocycles. The van der Waals surface area contributed by atoms with Gasteiger partial charge in [0.2, 0.25) is 5.91 Å². The first-order valence-corrected chi connectivity index (χ1v) is 8.48. The van der Waals surface area contributed by atoms with Crippen LogP contribution in [-0.4, -0.2) is 30.1 Å². The molecular formula is C18H23F3N2O. The van der Waals surface area contributed by atoms with E-state index >= 15 is 0 Å². The van der Waals surface area contributed by atoms with Crippen molar-refractivity contribution in [2.24, 2.45) is 5.92 Å². The summed E-state index contributed by atoms with van der Waals surface area (Å²) in [5, 5.41) is 3.46. The summed E-state index contributed by atoms with van der Waals surface area (Å²) >= 11 is 0. The predicted molar refractivity (Wildman–Crippen MR) is 85.5 cm³/mol. The summed E-state index contributed by atoms with van der Waals surface area (Å²) in [6.45, 7) is 4.59. The molecule has 0 bridgehead atoms. The van der Waals surface area contributed by atoms with E-state index in [1.165, 1.54) is 16.0 Å². The number of hydrogen-bond donors (Lipinski definition) is 1. The maximum atomic E-state index is 12.9. The van der Waals surface area contributed by atoms with Gasteiger partial charge in [0, 0.05) is 19.1 Å². The molecule has 24 heavy (non-hydrogen) atoms. The third kappa shape index (κ3) is 3.29. The fourth-order valence-electron chi connectivity index (χ4n) is 3.73. The van der Waals surface area contributed by atoms with Crippen LogP contribution >= 0.6 is 0 Å². The highest BCUT2D eigenvalue weighted by molar-refractivity contribution is 5.79. The number of amides is 1. The van der Waals surface area contributed by atoms with Crippen LogP contribution in [0.5, 0.6) is 0 Å². The zero-order valence-electron chi connectivity index (χ0n) is 14.0. The standard InChI is InChI=1S/C18H23F3N2O/c1-11-8-13-5-7-23(17(24)12(2)18(19,20)21)10-15(13)14(9-11)16-4-3-6-22-16/h8-9,12,16,22H,3-7,10H2,1-2H3/t12?,16-/m0/s1. The van der Waals surface area contributed by atoms with Crippen LogP contribution in [0.15, 0.2) is 12.1 Å². The molecule has 1 amide bonds. The van der Waals surface area contributed by atoms with Gasteiger partial charge in [-0.15, -0.1) is 0 Å². The second-order valence-corrected chi connectivity index (χ2v) is 6.91. The zero-order valence-corrected chi connectivity index (χ0v) is 14.0. The van der Waals surface area contributed by atoms with Crippen molar-refractivity contribution in [1.82, 2.24) is 10.2 Å². The van der Waals surface area contributed by atoms with Crippen LogP contribution in [0.4, 0.5) is 13.2 Å². The summed E-state index contributed by atoms with van der Waals surface area (Å²) in [4.78, 5) is 13.6. The van der Waals surface area contributed by atoms with Gasteiger partial charge in [0.25, 0.3) is 0 Å². The van der Waals surface area contributed by atoms with E-state index in [0.29, 0.717) is 13.0 Å². The SMILES string of the molecule is Cc1cc2c(c([C@@H]3CCCN3)c1)CN(C(=O)C(C)C(F)(F)F)CC2. The van der Waals surface area contributed by atoms with Crippen molar-refractivity contribution in [1.29, 1.82) is 0 Å². The molecule has 1 aromatic carbocycles. The molecule has 1 N–H and O–H groups in total. The molecule has 1 unspecified atom stereocenters. The van der Waals surface area contributed by atoms with Crippen LogP contribution in [0.3, 0.4) is 0 Å². The fourth-order valence-corrected chi connectivity index (χ4v) is 3.73. The van der Waals surface area contributed by atoms with Crippen LogP contribution in [0.1, 0.15) is 48.1 Å². The number of alkyl halides is 3. The number of benzene rings is 1. The second-order valence-electron chi connectivity index (χ2n) is 6.91. The van der Waals surface area contributed by atoms with Crippen LogP contribution in [0.25, 0.3) is 0 Å². The first-order chi connectivity index (χ1) is 11.3. The largest absolute Gasteiger partial charge is 0.400 e. The lowest BCUT2D eigenvalue weighted by molar-refractivity contribution is -0.186. The number of nitrogens with zero attached hydrogens (tertiary/aromatic N) is 1. The first-order valence-electron chi connectivity index (χ1n) is 8.48. The number of hydrogen-bond acceptors (Lipinski definition) is 2. The Labute approximate surface area is 140 Å². The van der Waals surface area contributed by atoms with Gasteiger partial charge in [0.05, 0.1) is 0 Å². The molecule has 1 saturated heterocycles. The Bertz CT molecular complexity index is 636. The van der Waals surface area contributed by atoms with Crippen molar-refractivity contribution in [2.75, 3.05) is 13.1 Å². The Balaban J connectivity index is 1.88. The molecule has 3 nitrogen and oxygen atoms in total. The van der Waals surface area contributed by atoms with Gasteiger partial charge in [-0.2, -0.15) is 13.2 Å². The quantitative estimate of drug-likeness (QED) is 0.894. The average Bonchev–Trinajstić information content (AvgIpc) is 3.05. The van der Waals surface area contributed by atoms with Crippen molar-refractivity contribution in [3.8, 4) is 0 Å². The molecule has 0 radical (unpaired) electrons. The van der Waals surface area contributed by atoms with Gasteiger partial charge < -0.3 is 10.2 Å². The van der Waals surface area contributed by atoms with Crippen LogP contribution in [0.2, 0.25) is 0 Å². The molecular weight excluding hydrogens is 317 g/mol. The minimum atomic E-state index is -4.49. The molecule has 1 fully saturated rings. The Morgan fingerprint density at radius 2 is 2.12 bits per heavy atom. The van der Waals surface area contributed by atoms with Crippen LogP contribution < -0.4 is 5.32 Å². The highest BCUT2D eigenvalue weighted by Crippen LogP contribution is 2.34. The zero-order chi connectivity index (χ0) is 17.5. The van der Waals surface area contributed by atoms with E-state index in [1.54, 1.807) is 0 Å². The van der Waals surface area contributed by atoms with Gasteiger partial charge in [-0.05, 0) is 56.3 Å². The van der Waals surface area contributed by atoms with Crippen molar-refractivity contribution < 1.29 is 18.0 Å². The van der Waals surface area contributed by atoms with Gasteiger partial charge in [0.15, 0.2) is 0 Å². The number of fused-ring (bicyclic) bond motifs is 1. The van der Waals surface area contributed by atoms with E-state index in [4.69, 9.17) is 0 Å². The molecule has 3 rings (SSSR count). The number of rotatable bonds is 2. The third-order valence-corrected chi connectivity index (χ3v) is 5.13. The third-order valence-electron chi connectivity index (χ3n) is 5.13. The van der Waals surface area contributed by atoms with Crippen molar-refractivity contribution in [3.63, 3.8) is 0 Å². The number of carbonyl (C=O) groups is 1. The van der Waals surface area contributed by atoms with E-state index in [0.717, 1.165) is 37.4 Å². The Morgan fingerprint density at radius 3 is 2.75 bits per heavy atom. The molecule has 2 atom stereocenters. The number of halogens is 3. The molecule has 2 aliphatic heterocycles. The van der Waals surface area contributed by atoms with Gasteiger partial charge in [-0.25, -0.2) is 0 Å². The van der Waals surface area contributed by atoms with Crippen molar-refractivity contribution in [2.45, 2.75) is 51.9 Å². The summed E-state index contributed by atoms with van der Waals surface area (Å²) < 4.78 is 38.6. The van der Waals surface area contributed by atoms with Gasteiger partial charge in [-0.1, -0.05) is 17.7 Å². The number of nitrogens with one attached hydrogen (secondary N) is 1. The van der Waals surface area contributed by atoms with E-state index in [-0.39, 0.29) is 12.6 Å². The Hall–Kier alpha value is -1.56. The van der Waals surface area contributed by atoms with E-state index < -0.39 is 18.0 Å². The molecule has 0 aromatic heterocycles. The lowest BCUT2D eigenvalue weighted by Crippen LogP contribution is -2.43. The van der Waals surface area contributed by atoms with Crippen LogP contribution in [0, 0.1) is 12.8 Å². The second kappa shape index (κ2) is 6.39. The molecule has 6 heteroatoms. The van der Waals surface area contributed by atoms with E-state index in [9.17, 15) is 18.0 Å². The maximum absolute atomic E-state index is 12.9. The van der Waals surface area contributed by atoms with E-state index in [2.05, 4.69) is 17.4 Å². The number of aryl methyl sites for hydroxylation is 1. The van der Waals surface area contributed by atoms with Gasteiger partial charge in [-0.3, -0.25) is 4.79 Å². The topological polar surface area (TPSA) is 32.3 Å². The Kier molecular flexibility index (Phi) is 4.60. The predicted octanol–water partition coefficient (Wildman–Crippen LogP) is 3.50. The van der Waals surface area contributed by atoms with Gasteiger partial charge >= 0.3 is 6.18 Å². The molecule has 2 aliphatic rings. The highest BCUT2D eigenvalue weighted by atomic mass is 19.4. The minimum absolute atomic E-state index is 0.244. The summed E-state index contributed by atoms with van der Waals surface area (Å²) in [7, 11) is 0. The van der Waals surface area contributed by atoms with Crippen molar-refractivity contribution in [3.05, 3.63) is 34.4 Å². The lowest BCUT2D eigenvalue weighted by Gasteiger charge is -2.34. The van der Waals surface area contributed by atoms with Crippen molar-refractivity contribution >= 4 is 5.91 Å². The van der Waals surface area contributed by atoms with Crippen LogP contribution in [-0.2, 0) is 17.8 Å². The summed E-state index contributed by atoms with van der Waals surface area (Å²) in [6, 6.07) is 4.46. The summed E-state index contributed by atoms with van der Waals surface area (Å²) in [6.07, 6.45) is -1.74. The van der Waals surface area contributed by atoms with E-state index in [1.807, 2.05) is 6.92 Å². The smallest absolute Gasteiger partial charge is 0.337 e. The highest BCUT2D eigenvalue weighted by Gasteiger charge is 2.43. The Morgan fingerprint density at radius 1 is 1.38 bits per heavy atom.